The van der Waals surface area contributed by atoms with Crippen LogP contribution in [-0.4, -0.2) is 4.68 Å². The minimum absolute atomic E-state index is 0.0342. The average molecular weight is 273 g/mol. The van der Waals surface area contributed by atoms with Crippen LogP contribution in [0.5, 0.6) is 0 Å². The molecule has 0 fully saturated rings. The zero-order chi connectivity index (χ0) is 12.4. The molecule has 0 saturated heterocycles. The van der Waals surface area contributed by atoms with E-state index in [0.717, 1.165) is 0 Å². The predicted octanol–water partition coefficient (Wildman–Crippen LogP) is 4.24. The molecule has 17 heavy (non-hydrogen) atoms. The largest absolute Gasteiger partial charge is 0.319 e. The standard InChI is InChI=1S/C12H11Cl2FN2/c1-8(16-17-4-2-3-5-17)9-6-12(15)11(14)7-10(9)13/h2-8,16H,1H3. The maximum absolute atomic E-state index is 13.4. The number of nitrogens with one attached hydrogen (secondary N) is 1. The van der Waals surface area contributed by atoms with E-state index in [2.05, 4.69) is 5.43 Å². The molecule has 0 saturated carbocycles. The zero-order valence-corrected chi connectivity index (χ0v) is 10.6. The summed E-state index contributed by atoms with van der Waals surface area (Å²) in [7, 11) is 0. The van der Waals surface area contributed by atoms with E-state index in [-0.39, 0.29) is 11.1 Å². The van der Waals surface area contributed by atoms with Crippen molar-refractivity contribution in [2.45, 2.75) is 13.0 Å². The Morgan fingerprint density at radius 3 is 2.47 bits per heavy atom. The van der Waals surface area contributed by atoms with Crippen LogP contribution in [0.2, 0.25) is 10.0 Å². The Labute approximate surface area is 109 Å². The summed E-state index contributed by atoms with van der Waals surface area (Å²) in [5, 5.41) is 0.482. The number of halogens is 3. The van der Waals surface area contributed by atoms with Gasteiger partial charge in [-0.1, -0.05) is 23.2 Å². The van der Waals surface area contributed by atoms with E-state index in [0.29, 0.717) is 10.6 Å². The Kier molecular flexibility index (Phi) is 3.60. The van der Waals surface area contributed by atoms with Gasteiger partial charge in [-0.05, 0) is 36.8 Å². The van der Waals surface area contributed by atoms with Crippen molar-refractivity contribution in [2.24, 2.45) is 0 Å². The molecule has 2 aromatic rings. The van der Waals surface area contributed by atoms with E-state index < -0.39 is 5.82 Å². The first-order valence-corrected chi connectivity index (χ1v) is 5.87. The van der Waals surface area contributed by atoms with Gasteiger partial charge in [0.1, 0.15) is 5.82 Å². The van der Waals surface area contributed by atoms with Crippen LogP contribution in [-0.2, 0) is 0 Å². The molecule has 0 aliphatic heterocycles. The van der Waals surface area contributed by atoms with Crippen LogP contribution in [0, 0.1) is 5.82 Å². The van der Waals surface area contributed by atoms with Gasteiger partial charge in [0, 0.05) is 17.4 Å². The molecule has 5 heteroatoms. The highest BCUT2D eigenvalue weighted by atomic mass is 35.5. The van der Waals surface area contributed by atoms with E-state index in [4.69, 9.17) is 23.2 Å². The second kappa shape index (κ2) is 4.98. The molecule has 0 aliphatic rings. The summed E-state index contributed by atoms with van der Waals surface area (Å²) in [6.45, 7) is 1.90. The Balaban J connectivity index is 2.24. The molecule has 1 aromatic carbocycles. The van der Waals surface area contributed by atoms with Crippen LogP contribution in [0.3, 0.4) is 0 Å². The number of nitrogens with zero attached hydrogens (tertiary/aromatic N) is 1. The number of hydrogen-bond donors (Lipinski definition) is 1. The molecular formula is C12H11Cl2FN2. The smallest absolute Gasteiger partial charge is 0.142 e. The van der Waals surface area contributed by atoms with Crippen LogP contribution in [0.15, 0.2) is 36.7 Å². The minimum atomic E-state index is -0.466. The lowest BCUT2D eigenvalue weighted by molar-refractivity contribution is 0.621. The van der Waals surface area contributed by atoms with Crippen molar-refractivity contribution in [3.63, 3.8) is 0 Å². The molecule has 1 aromatic heterocycles. The summed E-state index contributed by atoms with van der Waals surface area (Å²) in [5.74, 6) is -0.466. The Hall–Kier alpha value is -1.19. The Morgan fingerprint density at radius 1 is 1.18 bits per heavy atom. The number of aromatic nitrogens is 1. The lowest BCUT2D eigenvalue weighted by atomic mass is 10.1. The maximum Gasteiger partial charge on any atom is 0.142 e. The molecule has 1 unspecified atom stereocenters. The van der Waals surface area contributed by atoms with E-state index in [1.807, 2.05) is 31.5 Å². The monoisotopic (exact) mass is 272 g/mol. The Bertz CT molecular complexity index is 511. The van der Waals surface area contributed by atoms with Crippen molar-refractivity contribution in [3.05, 3.63) is 58.1 Å². The van der Waals surface area contributed by atoms with Gasteiger partial charge in [0.05, 0.1) is 11.1 Å². The van der Waals surface area contributed by atoms with Crippen molar-refractivity contribution >= 4 is 23.2 Å². The van der Waals surface area contributed by atoms with Gasteiger partial charge in [-0.25, -0.2) is 4.39 Å². The highest BCUT2D eigenvalue weighted by Gasteiger charge is 2.13. The van der Waals surface area contributed by atoms with Gasteiger partial charge >= 0.3 is 0 Å². The molecule has 0 spiro atoms. The molecule has 2 nitrogen and oxygen atoms in total. The fourth-order valence-corrected chi connectivity index (χ4v) is 2.13. The van der Waals surface area contributed by atoms with Gasteiger partial charge in [-0.15, -0.1) is 0 Å². The van der Waals surface area contributed by atoms with Gasteiger partial charge in [0.25, 0.3) is 0 Å². The fourth-order valence-electron chi connectivity index (χ4n) is 1.58. The van der Waals surface area contributed by atoms with Gasteiger partial charge in [-0.3, -0.25) is 4.68 Å². The lowest BCUT2D eigenvalue weighted by Gasteiger charge is -2.18. The average Bonchev–Trinajstić information content (AvgIpc) is 2.76. The maximum atomic E-state index is 13.4. The molecular weight excluding hydrogens is 262 g/mol. The van der Waals surface area contributed by atoms with Crippen LogP contribution in [0.25, 0.3) is 0 Å². The van der Waals surface area contributed by atoms with Crippen LogP contribution in [0.1, 0.15) is 18.5 Å². The molecule has 90 valence electrons. The third kappa shape index (κ3) is 2.73. The van der Waals surface area contributed by atoms with E-state index in [9.17, 15) is 4.39 Å². The molecule has 0 aliphatic carbocycles. The summed E-state index contributed by atoms with van der Waals surface area (Å²) in [5.41, 5.74) is 3.82. The molecule has 0 bridgehead atoms. The minimum Gasteiger partial charge on any atom is -0.319 e. The third-order valence-electron chi connectivity index (χ3n) is 2.45. The SMILES string of the molecule is CC(Nn1cccc1)c1cc(F)c(Cl)cc1Cl. The second-order valence-corrected chi connectivity index (χ2v) is 4.54. The van der Waals surface area contributed by atoms with Crippen molar-refractivity contribution in [1.29, 1.82) is 0 Å². The Morgan fingerprint density at radius 2 is 1.82 bits per heavy atom. The van der Waals surface area contributed by atoms with Crippen LogP contribution in [0.4, 0.5) is 4.39 Å². The first-order chi connectivity index (χ1) is 8.08. The van der Waals surface area contributed by atoms with E-state index in [1.54, 1.807) is 4.68 Å². The number of benzene rings is 1. The molecule has 1 N–H and O–H groups in total. The topological polar surface area (TPSA) is 17.0 Å². The van der Waals surface area contributed by atoms with Crippen LogP contribution >= 0.6 is 23.2 Å². The highest BCUT2D eigenvalue weighted by molar-refractivity contribution is 6.35. The van der Waals surface area contributed by atoms with Crippen LogP contribution < -0.4 is 5.43 Å². The second-order valence-electron chi connectivity index (χ2n) is 3.73. The van der Waals surface area contributed by atoms with E-state index >= 15 is 0 Å². The summed E-state index contributed by atoms with van der Waals surface area (Å²) in [6, 6.07) is 6.43. The summed E-state index contributed by atoms with van der Waals surface area (Å²) in [4.78, 5) is 0. The molecule has 0 radical (unpaired) electrons. The van der Waals surface area contributed by atoms with Gasteiger partial charge in [-0.2, -0.15) is 0 Å². The fraction of sp³-hybridized carbons (Fsp3) is 0.167. The molecule has 1 atom stereocenters. The molecule has 0 amide bonds. The normalized spacial score (nSPS) is 12.5. The molecule has 1 heterocycles. The lowest BCUT2D eigenvalue weighted by Crippen LogP contribution is -2.17. The van der Waals surface area contributed by atoms with Gasteiger partial charge in [0.2, 0.25) is 0 Å². The summed E-state index contributed by atoms with van der Waals surface area (Å²) in [6.07, 6.45) is 3.72. The van der Waals surface area contributed by atoms with Crippen molar-refractivity contribution in [2.75, 3.05) is 5.43 Å². The third-order valence-corrected chi connectivity index (χ3v) is 3.07. The predicted molar refractivity (Wildman–Crippen MR) is 68.6 cm³/mol. The number of rotatable bonds is 3. The van der Waals surface area contributed by atoms with Gasteiger partial charge < -0.3 is 5.43 Å². The summed E-state index contributed by atoms with van der Waals surface area (Å²) < 4.78 is 15.2. The van der Waals surface area contributed by atoms with Crippen molar-refractivity contribution in [3.8, 4) is 0 Å². The first kappa shape index (κ1) is 12.3. The first-order valence-electron chi connectivity index (χ1n) is 5.12. The van der Waals surface area contributed by atoms with Gasteiger partial charge in [0.15, 0.2) is 0 Å². The summed E-state index contributed by atoms with van der Waals surface area (Å²) >= 11 is 11.7. The molecule has 2 rings (SSSR count). The highest BCUT2D eigenvalue weighted by Crippen LogP contribution is 2.28. The van der Waals surface area contributed by atoms with E-state index in [1.165, 1.54) is 12.1 Å². The number of hydrogen-bond acceptors (Lipinski definition) is 1. The quantitative estimate of drug-likeness (QED) is 0.828. The van der Waals surface area contributed by atoms with Crippen molar-refractivity contribution < 1.29 is 4.39 Å². The zero-order valence-electron chi connectivity index (χ0n) is 9.12. The van der Waals surface area contributed by atoms with Crippen molar-refractivity contribution in [1.82, 2.24) is 4.68 Å².